The molecule has 160 valence electrons. The van der Waals surface area contributed by atoms with Gasteiger partial charge in [0.05, 0.1) is 31.0 Å². The third kappa shape index (κ3) is 4.24. The highest BCUT2D eigenvalue weighted by atomic mass is 35.5. The van der Waals surface area contributed by atoms with E-state index in [4.69, 9.17) is 26.2 Å². The Bertz CT molecular complexity index is 1050. The Hall–Kier alpha value is -2.67. The van der Waals surface area contributed by atoms with E-state index in [0.29, 0.717) is 50.6 Å². The second kappa shape index (κ2) is 8.46. The molecule has 2 aliphatic heterocycles. The molecule has 0 radical (unpaired) electrons. The molecular formula is C24H24ClN3O3. The Morgan fingerprint density at radius 3 is 2.35 bits per heavy atom. The molecule has 2 fully saturated rings. The minimum atomic E-state index is -0.483. The number of ether oxygens (including phenoxy) is 2. The normalized spacial score (nSPS) is 17.9. The van der Waals surface area contributed by atoms with Crippen LogP contribution in [0.15, 0.2) is 60.8 Å². The predicted octanol–water partition coefficient (Wildman–Crippen LogP) is 4.10. The van der Waals surface area contributed by atoms with Crippen LogP contribution < -0.4 is 0 Å². The standard InChI is InChI=1S/C24H24ClN3O3/c25-20-8-6-18(7-9-20)23-19(17-28(26-23)21-4-2-1-3-5-21)16-22(29)27-12-10-24(11-13-27)30-14-15-31-24/h1-9,17H,10-16H2. The maximum absolute atomic E-state index is 13.1. The number of likely N-dealkylation sites (tertiary alicyclic amines) is 1. The van der Waals surface area contributed by atoms with Gasteiger partial charge in [0.15, 0.2) is 5.79 Å². The predicted molar refractivity (Wildman–Crippen MR) is 118 cm³/mol. The van der Waals surface area contributed by atoms with Crippen molar-refractivity contribution < 1.29 is 14.3 Å². The van der Waals surface area contributed by atoms with Crippen molar-refractivity contribution in [3.63, 3.8) is 0 Å². The minimum absolute atomic E-state index is 0.0932. The van der Waals surface area contributed by atoms with Gasteiger partial charge in [0.1, 0.15) is 0 Å². The Balaban J connectivity index is 1.39. The molecular weight excluding hydrogens is 414 g/mol. The first-order chi connectivity index (χ1) is 15.1. The summed E-state index contributed by atoms with van der Waals surface area (Å²) in [6, 6.07) is 17.5. The van der Waals surface area contributed by atoms with Gasteiger partial charge in [0.2, 0.25) is 5.91 Å². The number of para-hydroxylation sites is 1. The zero-order valence-corrected chi connectivity index (χ0v) is 17.9. The molecule has 7 heteroatoms. The number of hydrogen-bond donors (Lipinski definition) is 0. The molecule has 1 spiro atoms. The van der Waals surface area contributed by atoms with Crippen molar-refractivity contribution in [1.29, 1.82) is 0 Å². The number of aromatic nitrogens is 2. The quantitative estimate of drug-likeness (QED) is 0.616. The molecule has 0 bridgehead atoms. The van der Waals surface area contributed by atoms with Crippen LogP contribution in [0.1, 0.15) is 18.4 Å². The smallest absolute Gasteiger partial charge is 0.227 e. The van der Waals surface area contributed by atoms with E-state index < -0.39 is 5.79 Å². The van der Waals surface area contributed by atoms with Crippen molar-refractivity contribution in [2.75, 3.05) is 26.3 Å². The Kier molecular flexibility index (Phi) is 5.52. The zero-order chi connectivity index (χ0) is 21.3. The molecule has 0 aliphatic carbocycles. The van der Waals surface area contributed by atoms with E-state index in [1.165, 1.54) is 0 Å². The average molecular weight is 438 g/mol. The molecule has 2 saturated heterocycles. The minimum Gasteiger partial charge on any atom is -0.347 e. The van der Waals surface area contributed by atoms with Gasteiger partial charge in [-0.15, -0.1) is 0 Å². The topological polar surface area (TPSA) is 56.6 Å². The first-order valence-corrected chi connectivity index (χ1v) is 11.0. The number of hydrogen-bond acceptors (Lipinski definition) is 4. The number of rotatable bonds is 4. The van der Waals surface area contributed by atoms with Gasteiger partial charge in [-0.2, -0.15) is 5.10 Å². The number of nitrogens with zero attached hydrogens (tertiary/aromatic N) is 3. The molecule has 2 aliphatic rings. The fourth-order valence-electron chi connectivity index (χ4n) is 4.26. The molecule has 1 aromatic heterocycles. The first-order valence-electron chi connectivity index (χ1n) is 10.6. The molecule has 1 amide bonds. The third-order valence-corrected chi connectivity index (χ3v) is 6.21. The highest BCUT2D eigenvalue weighted by Crippen LogP contribution is 2.32. The van der Waals surface area contributed by atoms with Crippen LogP contribution in [0, 0.1) is 0 Å². The third-order valence-electron chi connectivity index (χ3n) is 5.96. The average Bonchev–Trinajstić information content (AvgIpc) is 3.43. The second-order valence-corrected chi connectivity index (χ2v) is 8.39. The summed E-state index contributed by atoms with van der Waals surface area (Å²) >= 11 is 6.07. The summed E-state index contributed by atoms with van der Waals surface area (Å²) in [5, 5.41) is 5.47. The van der Waals surface area contributed by atoms with E-state index >= 15 is 0 Å². The molecule has 6 nitrogen and oxygen atoms in total. The van der Waals surface area contributed by atoms with Crippen LogP contribution in [0.4, 0.5) is 0 Å². The Morgan fingerprint density at radius 2 is 1.68 bits per heavy atom. The van der Waals surface area contributed by atoms with Crippen molar-refractivity contribution in [1.82, 2.24) is 14.7 Å². The largest absolute Gasteiger partial charge is 0.347 e. The van der Waals surface area contributed by atoms with Gasteiger partial charge >= 0.3 is 0 Å². The van der Waals surface area contributed by atoms with E-state index in [9.17, 15) is 4.79 Å². The molecule has 0 atom stereocenters. The lowest BCUT2D eigenvalue weighted by Gasteiger charge is -2.37. The fourth-order valence-corrected chi connectivity index (χ4v) is 4.39. The highest BCUT2D eigenvalue weighted by molar-refractivity contribution is 6.30. The van der Waals surface area contributed by atoms with Gasteiger partial charge in [-0.05, 0) is 24.3 Å². The van der Waals surface area contributed by atoms with E-state index in [1.54, 1.807) is 0 Å². The molecule has 3 aromatic rings. The van der Waals surface area contributed by atoms with E-state index in [0.717, 1.165) is 22.5 Å². The van der Waals surface area contributed by atoms with Crippen molar-refractivity contribution in [3.05, 3.63) is 71.4 Å². The van der Waals surface area contributed by atoms with E-state index in [1.807, 2.05) is 70.4 Å². The number of halogens is 1. The van der Waals surface area contributed by atoms with Crippen LogP contribution in [0.5, 0.6) is 0 Å². The van der Waals surface area contributed by atoms with E-state index in [-0.39, 0.29) is 5.91 Å². The summed E-state index contributed by atoms with van der Waals surface area (Å²) < 4.78 is 13.4. The summed E-state index contributed by atoms with van der Waals surface area (Å²) in [6.45, 7) is 2.55. The van der Waals surface area contributed by atoms with Crippen LogP contribution in [0.2, 0.25) is 5.02 Å². The number of benzene rings is 2. The molecule has 3 heterocycles. The maximum Gasteiger partial charge on any atom is 0.227 e. The Morgan fingerprint density at radius 1 is 1.00 bits per heavy atom. The second-order valence-electron chi connectivity index (χ2n) is 7.96. The molecule has 31 heavy (non-hydrogen) atoms. The lowest BCUT2D eigenvalue weighted by molar-refractivity contribution is -0.187. The van der Waals surface area contributed by atoms with Gasteiger partial charge in [0.25, 0.3) is 0 Å². The first kappa shape index (κ1) is 20.2. The van der Waals surface area contributed by atoms with Gasteiger partial charge in [-0.1, -0.05) is 41.9 Å². The van der Waals surface area contributed by atoms with Crippen LogP contribution in [0.25, 0.3) is 16.9 Å². The van der Waals surface area contributed by atoms with Crippen molar-refractivity contribution in [2.45, 2.75) is 25.0 Å². The number of amides is 1. The number of carbonyl (C=O) groups excluding carboxylic acids is 1. The van der Waals surface area contributed by atoms with Gasteiger partial charge in [0, 0.05) is 48.3 Å². The summed E-state index contributed by atoms with van der Waals surface area (Å²) in [4.78, 5) is 15.0. The maximum atomic E-state index is 13.1. The van der Waals surface area contributed by atoms with Crippen LogP contribution in [0.3, 0.4) is 0 Å². The van der Waals surface area contributed by atoms with Crippen molar-refractivity contribution in [3.8, 4) is 16.9 Å². The summed E-state index contributed by atoms with van der Waals surface area (Å²) in [5.74, 6) is -0.389. The van der Waals surface area contributed by atoms with Gasteiger partial charge in [-0.25, -0.2) is 4.68 Å². The Labute approximate surface area is 186 Å². The lowest BCUT2D eigenvalue weighted by atomic mass is 10.0. The number of carbonyl (C=O) groups is 1. The molecule has 2 aromatic carbocycles. The summed E-state index contributed by atoms with van der Waals surface area (Å²) in [6.07, 6.45) is 3.67. The van der Waals surface area contributed by atoms with Gasteiger partial charge < -0.3 is 14.4 Å². The highest BCUT2D eigenvalue weighted by Gasteiger charge is 2.40. The van der Waals surface area contributed by atoms with Crippen molar-refractivity contribution in [2.24, 2.45) is 0 Å². The zero-order valence-electron chi connectivity index (χ0n) is 17.2. The molecule has 0 saturated carbocycles. The number of piperidine rings is 1. The summed E-state index contributed by atoms with van der Waals surface area (Å²) in [7, 11) is 0. The van der Waals surface area contributed by atoms with Crippen LogP contribution in [-0.4, -0.2) is 52.7 Å². The van der Waals surface area contributed by atoms with Crippen LogP contribution in [-0.2, 0) is 20.7 Å². The van der Waals surface area contributed by atoms with Crippen LogP contribution >= 0.6 is 11.6 Å². The SMILES string of the molecule is O=C(Cc1cn(-c2ccccc2)nc1-c1ccc(Cl)cc1)N1CCC2(CC1)OCCO2. The van der Waals surface area contributed by atoms with Gasteiger partial charge in [-0.3, -0.25) is 4.79 Å². The summed E-state index contributed by atoms with van der Waals surface area (Å²) in [5.41, 5.74) is 3.58. The van der Waals surface area contributed by atoms with E-state index in [2.05, 4.69) is 0 Å². The molecule has 5 rings (SSSR count). The molecule has 0 N–H and O–H groups in total. The van der Waals surface area contributed by atoms with Crippen molar-refractivity contribution >= 4 is 17.5 Å². The molecule has 0 unspecified atom stereocenters. The fraction of sp³-hybridized carbons (Fsp3) is 0.333. The monoisotopic (exact) mass is 437 g/mol. The lowest BCUT2D eigenvalue weighted by Crippen LogP contribution is -2.47.